The second kappa shape index (κ2) is 14.8. The fraction of sp³-hybridized carbons (Fsp3) is 0.114. The Morgan fingerprint density at radius 2 is 1.70 bits per heavy atom. The van der Waals surface area contributed by atoms with E-state index in [0.29, 0.717) is 47.0 Å². The first kappa shape index (κ1) is 34.2. The van der Waals surface area contributed by atoms with Gasteiger partial charge in [0.05, 0.1) is 32.0 Å². The summed E-state index contributed by atoms with van der Waals surface area (Å²) >= 11 is 24.5. The highest BCUT2D eigenvalue weighted by atomic mass is 127. The summed E-state index contributed by atoms with van der Waals surface area (Å²) < 4.78 is 15.7. The van der Waals surface area contributed by atoms with E-state index >= 15 is 0 Å². The van der Waals surface area contributed by atoms with Crippen LogP contribution in [0.15, 0.2) is 100 Å². The zero-order chi connectivity index (χ0) is 33.2. The van der Waals surface area contributed by atoms with Crippen molar-refractivity contribution in [2.45, 2.75) is 19.6 Å². The van der Waals surface area contributed by atoms with Gasteiger partial charge in [0.2, 0.25) is 0 Å². The molecule has 0 radical (unpaired) electrons. The van der Waals surface area contributed by atoms with E-state index in [1.165, 1.54) is 11.3 Å². The molecule has 0 spiro atoms. The lowest BCUT2D eigenvalue weighted by molar-refractivity contribution is -0.138. The van der Waals surface area contributed by atoms with Crippen molar-refractivity contribution in [3.63, 3.8) is 0 Å². The van der Waals surface area contributed by atoms with Crippen molar-refractivity contribution in [2.75, 3.05) is 6.61 Å². The van der Waals surface area contributed by atoms with Crippen molar-refractivity contribution in [3.8, 4) is 5.75 Å². The van der Waals surface area contributed by atoms with Gasteiger partial charge in [-0.25, -0.2) is 9.79 Å². The number of aromatic nitrogens is 1. The van der Waals surface area contributed by atoms with Crippen LogP contribution in [0.25, 0.3) is 11.8 Å². The summed E-state index contributed by atoms with van der Waals surface area (Å²) in [5.41, 5.74) is 3.34. The van der Waals surface area contributed by atoms with Crippen LogP contribution in [-0.4, -0.2) is 17.1 Å². The second-order valence-corrected chi connectivity index (χ2v) is 15.0. The molecule has 1 aliphatic rings. The Morgan fingerprint density at radius 1 is 0.979 bits per heavy atom. The lowest BCUT2D eigenvalue weighted by Gasteiger charge is -2.26. The molecule has 1 aromatic heterocycles. The molecule has 12 heteroatoms. The maximum atomic E-state index is 14.4. The van der Waals surface area contributed by atoms with Gasteiger partial charge in [-0.15, -0.1) is 0 Å². The predicted molar refractivity (Wildman–Crippen MR) is 205 cm³/mol. The Balaban J connectivity index is 1.55. The SMILES string of the molecule is CCOC(=O)C1=C(c2ccccc2)N=c2s/c(=C\c3cc(I)cc(I)c3OCc3ccc(Cl)cc3Cl)c(=O)n2[C@H]1c1ccc(Cl)cc1. The van der Waals surface area contributed by atoms with Gasteiger partial charge in [0.15, 0.2) is 4.80 Å². The Morgan fingerprint density at radius 3 is 2.40 bits per heavy atom. The Kier molecular flexibility index (Phi) is 10.8. The summed E-state index contributed by atoms with van der Waals surface area (Å²) in [5, 5.41) is 1.57. The number of halogens is 5. The van der Waals surface area contributed by atoms with Gasteiger partial charge in [-0.2, -0.15) is 0 Å². The number of ether oxygens (including phenoxy) is 2. The second-order valence-electron chi connectivity index (χ2n) is 10.3. The van der Waals surface area contributed by atoms with Gasteiger partial charge >= 0.3 is 5.97 Å². The number of nitrogens with zero attached hydrogens (tertiary/aromatic N) is 2. The number of hydrogen-bond acceptors (Lipinski definition) is 6. The zero-order valence-electron chi connectivity index (χ0n) is 24.5. The van der Waals surface area contributed by atoms with Crippen molar-refractivity contribution >= 4 is 109 Å². The zero-order valence-corrected chi connectivity index (χ0v) is 31.9. The van der Waals surface area contributed by atoms with E-state index in [0.717, 1.165) is 18.3 Å². The maximum Gasteiger partial charge on any atom is 0.338 e. The molecule has 0 bridgehead atoms. The molecule has 0 amide bonds. The third-order valence-electron chi connectivity index (χ3n) is 7.27. The molecule has 6 nitrogen and oxygen atoms in total. The Hall–Kier alpha value is -2.68. The van der Waals surface area contributed by atoms with E-state index in [2.05, 4.69) is 45.2 Å². The van der Waals surface area contributed by atoms with Crippen LogP contribution in [0.3, 0.4) is 0 Å². The maximum absolute atomic E-state index is 14.4. The number of esters is 1. The lowest BCUT2D eigenvalue weighted by atomic mass is 9.93. The number of fused-ring (bicyclic) bond motifs is 1. The third kappa shape index (κ3) is 7.35. The summed E-state index contributed by atoms with van der Waals surface area (Å²) in [7, 11) is 0. The Bertz CT molecular complexity index is 2220. The van der Waals surface area contributed by atoms with E-state index in [1.807, 2.05) is 66.7 Å². The van der Waals surface area contributed by atoms with Crippen molar-refractivity contribution < 1.29 is 14.3 Å². The minimum atomic E-state index is -0.807. The number of carbonyl (C=O) groups excluding carboxylic acids is 1. The van der Waals surface area contributed by atoms with Gasteiger partial charge in [0, 0.05) is 35.3 Å². The molecule has 0 aliphatic carbocycles. The average molecular weight is 928 g/mol. The summed E-state index contributed by atoms with van der Waals surface area (Å²) in [6, 6.07) is 24.9. The van der Waals surface area contributed by atoms with Crippen molar-refractivity contribution in [2.24, 2.45) is 4.99 Å². The van der Waals surface area contributed by atoms with Gasteiger partial charge in [-0.1, -0.05) is 94.7 Å². The molecule has 1 atom stereocenters. The first-order chi connectivity index (χ1) is 22.6. The average Bonchev–Trinajstić information content (AvgIpc) is 3.35. The molecule has 5 aromatic rings. The normalized spacial score (nSPS) is 14.5. The van der Waals surface area contributed by atoms with Gasteiger partial charge in [0.25, 0.3) is 5.56 Å². The van der Waals surface area contributed by atoms with Crippen LogP contribution in [0.4, 0.5) is 0 Å². The van der Waals surface area contributed by atoms with Crippen molar-refractivity contribution in [3.05, 3.63) is 155 Å². The van der Waals surface area contributed by atoms with E-state index in [1.54, 1.807) is 35.8 Å². The van der Waals surface area contributed by atoms with Gasteiger partial charge < -0.3 is 9.47 Å². The smallest absolute Gasteiger partial charge is 0.338 e. The topological polar surface area (TPSA) is 69.9 Å². The number of benzene rings is 4. The van der Waals surface area contributed by atoms with E-state index in [4.69, 9.17) is 49.3 Å². The van der Waals surface area contributed by atoms with Crippen molar-refractivity contribution in [1.29, 1.82) is 0 Å². The van der Waals surface area contributed by atoms with E-state index < -0.39 is 12.0 Å². The summed E-state index contributed by atoms with van der Waals surface area (Å²) in [6.07, 6.45) is 1.81. The highest BCUT2D eigenvalue weighted by molar-refractivity contribution is 14.1. The highest BCUT2D eigenvalue weighted by Gasteiger charge is 2.35. The molecular weight excluding hydrogens is 905 g/mol. The first-order valence-corrected chi connectivity index (χ1v) is 18.3. The summed E-state index contributed by atoms with van der Waals surface area (Å²) in [5.74, 6) is 0.0577. The quantitative estimate of drug-likeness (QED) is 0.116. The number of thiazole rings is 1. The number of rotatable bonds is 8. The minimum Gasteiger partial charge on any atom is -0.487 e. The predicted octanol–water partition coefficient (Wildman–Crippen LogP) is 8.68. The third-order valence-corrected chi connectivity index (χ3v) is 10.5. The lowest BCUT2D eigenvalue weighted by Crippen LogP contribution is -2.40. The van der Waals surface area contributed by atoms with Crippen LogP contribution in [0.1, 0.15) is 35.2 Å². The molecule has 238 valence electrons. The first-order valence-electron chi connectivity index (χ1n) is 14.2. The molecule has 0 saturated heterocycles. The molecule has 2 heterocycles. The molecule has 6 rings (SSSR count). The molecule has 4 aromatic carbocycles. The Labute approximate surface area is 316 Å². The molecule has 47 heavy (non-hydrogen) atoms. The summed E-state index contributed by atoms with van der Waals surface area (Å²) in [6.45, 7) is 2.11. The minimum absolute atomic E-state index is 0.164. The van der Waals surface area contributed by atoms with Crippen LogP contribution >= 0.6 is 91.3 Å². The van der Waals surface area contributed by atoms with Crippen molar-refractivity contribution in [1.82, 2.24) is 4.57 Å². The van der Waals surface area contributed by atoms with Crippen LogP contribution in [-0.2, 0) is 16.1 Å². The largest absolute Gasteiger partial charge is 0.487 e. The summed E-state index contributed by atoms with van der Waals surface area (Å²) in [4.78, 5) is 33.4. The monoisotopic (exact) mass is 926 g/mol. The van der Waals surface area contributed by atoms with Crippen LogP contribution in [0.5, 0.6) is 5.75 Å². The fourth-order valence-corrected chi connectivity index (χ4v) is 8.80. The van der Waals surface area contributed by atoms with Crippen LogP contribution < -0.4 is 19.6 Å². The molecular formula is C35H23Cl3I2N2O4S. The van der Waals surface area contributed by atoms with Gasteiger partial charge in [-0.3, -0.25) is 9.36 Å². The molecule has 0 N–H and O–H groups in total. The van der Waals surface area contributed by atoms with Gasteiger partial charge in [-0.05, 0) is 100 Å². The standard InChI is InChI=1S/C35H23Cl3I2N2O4S/c1-2-45-34(44)29-30(19-6-4-3-5-7-19)41-35-42(31(29)20-8-11-23(36)12-9-20)33(43)28(47-35)15-22-14-25(39)17-27(40)32(22)46-18-21-10-13-24(37)16-26(21)38/h3-17,31H,2,18H2,1H3/b28-15-/t31-/m0/s1. The molecule has 1 aliphatic heterocycles. The molecule has 0 fully saturated rings. The van der Waals surface area contributed by atoms with Crippen LogP contribution in [0.2, 0.25) is 15.1 Å². The van der Waals surface area contributed by atoms with Gasteiger partial charge in [0.1, 0.15) is 12.4 Å². The van der Waals surface area contributed by atoms with Crippen LogP contribution in [0, 0.1) is 7.14 Å². The molecule has 0 saturated carbocycles. The number of carbonyl (C=O) groups is 1. The molecule has 0 unspecified atom stereocenters. The fourth-order valence-electron chi connectivity index (χ4n) is 5.17. The van der Waals surface area contributed by atoms with E-state index in [9.17, 15) is 9.59 Å². The van der Waals surface area contributed by atoms with E-state index in [-0.39, 0.29) is 24.3 Å². The number of hydrogen-bond donors (Lipinski definition) is 0. The highest BCUT2D eigenvalue weighted by Crippen LogP contribution is 2.36.